The molecule has 22 aromatic rings. The van der Waals surface area contributed by atoms with Crippen LogP contribution in [0.4, 0.5) is 24.5 Å². The van der Waals surface area contributed by atoms with Crippen molar-refractivity contribution in [2.24, 2.45) is 0 Å². The van der Waals surface area contributed by atoms with Crippen molar-refractivity contribution in [2.45, 2.75) is 31.0 Å². The Hall–Kier alpha value is -18.3. The van der Waals surface area contributed by atoms with Crippen LogP contribution in [0.1, 0.15) is 28.5 Å². The molecule has 0 aliphatic carbocycles. The summed E-state index contributed by atoms with van der Waals surface area (Å²) >= 11 is 0. The lowest BCUT2D eigenvalue weighted by Crippen LogP contribution is -2.16. The van der Waals surface area contributed by atoms with E-state index in [1.807, 2.05) is 163 Å². The summed E-state index contributed by atoms with van der Waals surface area (Å²) in [6.45, 7) is 3.72. The summed E-state index contributed by atoms with van der Waals surface area (Å²) in [5.74, 6) is 2.61. The van der Waals surface area contributed by atoms with Gasteiger partial charge in [-0.25, -0.2) is 34.3 Å². The highest BCUT2D eigenvalue weighted by Crippen LogP contribution is 2.42. The second-order valence-corrected chi connectivity index (χ2v) is 35.2. The number of carbonyl (C=O) groups is 2. The molecule has 0 fully saturated rings. The number of rotatable bonds is 18. The van der Waals surface area contributed by atoms with Crippen molar-refractivity contribution in [1.29, 1.82) is 0 Å². The van der Waals surface area contributed by atoms with E-state index < -0.39 is 16.4 Å². The summed E-state index contributed by atoms with van der Waals surface area (Å²) in [5.41, 5.74) is 26.3. The van der Waals surface area contributed by atoms with Gasteiger partial charge in [-0.05, 0) is 143 Å². The van der Waals surface area contributed by atoms with Gasteiger partial charge in [0.1, 0.15) is 60.4 Å². The Morgan fingerprint density at radius 3 is 1.11 bits per heavy atom. The third-order valence-electron chi connectivity index (χ3n) is 23.9. The maximum atomic E-state index is 12.9. The van der Waals surface area contributed by atoms with Crippen molar-refractivity contribution in [1.82, 2.24) is 99.0 Å². The molecule has 7 aromatic carbocycles. The fraction of sp³-hybridized carbons (Fsp3) is 0.113. The topological polar surface area (TPSA) is 375 Å². The van der Waals surface area contributed by atoms with E-state index in [2.05, 4.69) is 167 Å². The average Bonchev–Trinajstić information content (AvgIpc) is 1.65. The number of hydrogen-bond acceptors (Lipinski definition) is 21. The number of anilines is 2. The Balaban J connectivity index is 0.000000109. The van der Waals surface area contributed by atoms with Gasteiger partial charge in [-0.15, -0.1) is 13.2 Å². The number of nitrogens with zero attached hydrogens (tertiary/aromatic N) is 15. The van der Waals surface area contributed by atoms with E-state index in [0.29, 0.717) is 56.2 Å². The van der Waals surface area contributed by atoms with Crippen molar-refractivity contribution in [3.8, 4) is 140 Å². The summed E-state index contributed by atoms with van der Waals surface area (Å²) in [7, 11) is 4.34. The first-order chi connectivity index (χ1) is 68.6. The van der Waals surface area contributed by atoms with E-state index >= 15 is 0 Å². The number of halogens is 3. The Kier molecular flexibility index (Phi) is 25.2. The van der Waals surface area contributed by atoms with Crippen LogP contribution in [0, 0.1) is 0 Å². The maximum absolute atomic E-state index is 12.9. The molecule has 0 bridgehead atoms. The van der Waals surface area contributed by atoms with Crippen LogP contribution in [-0.2, 0) is 16.4 Å². The molecule has 7 N–H and O–H groups in total. The highest BCUT2D eigenvalue weighted by molar-refractivity contribution is 7.89. The first-order valence-electron chi connectivity index (χ1n) is 44.7. The second-order valence-electron chi connectivity index (χ2n) is 33.4. The van der Waals surface area contributed by atoms with Crippen molar-refractivity contribution >= 4 is 88.4 Å². The molecule has 2 aliphatic heterocycles. The van der Waals surface area contributed by atoms with E-state index in [9.17, 15) is 31.2 Å². The number of nitrogens with one attached hydrogen (secondary N) is 7. The Bertz CT molecular complexity index is 8360. The summed E-state index contributed by atoms with van der Waals surface area (Å²) in [6.07, 6.45) is 32.1. The van der Waals surface area contributed by atoms with Crippen LogP contribution in [-0.4, -0.2) is 180 Å². The van der Waals surface area contributed by atoms with Gasteiger partial charge in [-0.2, -0.15) is 38.0 Å². The number of ether oxygens (including phenoxy) is 5. The summed E-state index contributed by atoms with van der Waals surface area (Å²) < 4.78 is 92.7. The Morgan fingerprint density at radius 1 is 0.376 bits per heavy atom. The van der Waals surface area contributed by atoms with E-state index in [0.717, 1.165) is 193 Å². The molecule has 0 saturated heterocycles. The third-order valence-corrected chi connectivity index (χ3v) is 25.4. The second kappa shape index (κ2) is 39.2. The molecule has 0 spiro atoms. The number of alkyl halides is 3. The molecule has 141 heavy (non-hydrogen) atoms. The quantitative estimate of drug-likeness (QED) is 0.0419. The Morgan fingerprint density at radius 2 is 0.730 bits per heavy atom. The smallest absolute Gasteiger partial charge is 0.486 e. The lowest BCUT2D eigenvalue weighted by molar-refractivity contribution is -0.274. The zero-order valence-electron chi connectivity index (χ0n) is 76.3. The minimum atomic E-state index is -4.70. The van der Waals surface area contributed by atoms with Crippen LogP contribution in [0.3, 0.4) is 0 Å². The molecule has 0 amide bonds. The Labute approximate surface area is 802 Å². The molecule has 35 heteroatoms. The predicted octanol–water partition coefficient (Wildman–Crippen LogP) is 21.3. The molecule has 15 aromatic heterocycles. The number of carbonyl (C=O) groups excluding carboxylic acids is 2. The fourth-order valence-corrected chi connectivity index (χ4v) is 17.7. The maximum Gasteiger partial charge on any atom is 0.573 e. The normalized spacial score (nSPS) is 12.1. The number of hydrogen-bond donors (Lipinski definition) is 7. The minimum Gasteiger partial charge on any atom is -0.486 e. The van der Waals surface area contributed by atoms with Gasteiger partial charge in [0.25, 0.3) is 10.0 Å². The molecule has 2 aliphatic rings. The first-order valence-corrected chi connectivity index (χ1v) is 46.1. The largest absolute Gasteiger partial charge is 0.573 e. The van der Waals surface area contributed by atoms with Crippen molar-refractivity contribution in [3.63, 3.8) is 0 Å². The molecule has 0 unspecified atom stereocenters. The number of pyridine rings is 5. The van der Waals surface area contributed by atoms with Crippen LogP contribution < -0.4 is 33.5 Å². The molecular weight excluding hydrogens is 1810 g/mol. The van der Waals surface area contributed by atoms with Crippen LogP contribution in [0.2, 0.25) is 0 Å². The van der Waals surface area contributed by atoms with Gasteiger partial charge in [0.15, 0.2) is 23.0 Å². The van der Waals surface area contributed by atoms with Crippen LogP contribution in [0.5, 0.6) is 28.7 Å². The molecule has 31 nitrogen and oxygen atoms in total. The van der Waals surface area contributed by atoms with Crippen LogP contribution in [0.25, 0.3) is 166 Å². The van der Waals surface area contributed by atoms with Gasteiger partial charge in [-0.1, -0.05) is 97.1 Å². The summed E-state index contributed by atoms with van der Waals surface area (Å²) in [4.78, 5) is 67.0. The zero-order chi connectivity index (χ0) is 96.8. The standard InChI is InChI=1S/C27H25N5O.C24H18N4O4S.C20H19N5O.C18H14N4O2.C17H11F3N4O/c1-31(2)23-11-9-20(10-12-23)21-14-24-25(17-29-27(24)28-15-21)22-16-30-32(18-22)26(33)13-8-19-6-4-3-5-7-19;29-33(30,19-4-2-1-3-5-19)28-15-18(13-27-28)21-14-26-24-20(21)10-17(12-25-24)16-6-7-22-23(11-16)32-9-8-31-22;1-13(26)25-12-16(10-23-25)19-11-22-20-18(19)8-15(9-21-20)14-4-6-17(7-5-14)24(2)3;1-2-16-17(24-4-3-23-16)6-11(1)12-5-14-15(13-8-21-22-9-13)10-20-18(14)19-7-12;18-17(19,20)25-13-3-1-10(2-4-13)11-5-14-15(12-7-23-24-8-12)9-22-16(14)21-6-11/h3-7,9-12,14-18H,8,13H2,1-2H3,(H,28,29);1-7,10-15H,8-9H2,(H,25,26);4-12H,1-3H3,(H,21,22);1-2,5-10H,3-4H2,(H,19,20)(H,21,22);1-9H,(H,21,22)(H,23,24). The van der Waals surface area contributed by atoms with E-state index in [-0.39, 0.29) is 22.5 Å². The molecule has 0 atom stereocenters. The van der Waals surface area contributed by atoms with Gasteiger partial charge in [0.05, 0.1) is 42.1 Å². The van der Waals surface area contributed by atoms with E-state index in [4.69, 9.17) is 18.9 Å². The zero-order valence-corrected chi connectivity index (χ0v) is 77.1. The molecule has 17 heterocycles. The summed E-state index contributed by atoms with van der Waals surface area (Å²) in [5, 5.41) is 31.0. The van der Waals surface area contributed by atoms with Crippen molar-refractivity contribution in [2.75, 3.05) is 64.4 Å². The first kappa shape index (κ1) is 90.5. The highest BCUT2D eigenvalue weighted by atomic mass is 32.2. The lowest BCUT2D eigenvalue weighted by atomic mass is 10.0. The van der Waals surface area contributed by atoms with Gasteiger partial charge < -0.3 is 58.4 Å². The molecular formula is C106H87F3N22O9S. The fourth-order valence-electron chi connectivity index (χ4n) is 16.5. The summed E-state index contributed by atoms with van der Waals surface area (Å²) in [6, 6.07) is 62.8. The number of aromatic amines is 7. The molecule has 24 rings (SSSR count). The average molecular weight is 1900 g/mol. The van der Waals surface area contributed by atoms with E-state index in [1.54, 1.807) is 104 Å². The number of aryl methyl sites for hydroxylation is 1. The highest BCUT2D eigenvalue weighted by Gasteiger charge is 2.31. The number of aromatic nitrogens is 20. The van der Waals surface area contributed by atoms with Crippen LogP contribution in [0.15, 0.2) is 329 Å². The third kappa shape index (κ3) is 19.8. The van der Waals surface area contributed by atoms with Crippen molar-refractivity contribution in [3.05, 3.63) is 330 Å². The molecule has 0 radical (unpaired) electrons. The van der Waals surface area contributed by atoms with Crippen LogP contribution >= 0.6 is 0 Å². The predicted molar refractivity (Wildman–Crippen MR) is 535 cm³/mol. The molecule has 0 saturated carbocycles. The SMILES string of the molecule is CC(=O)n1cc(-c2c[nH]c3ncc(-c4ccc(N(C)C)cc4)cc23)cn1.CN(C)c1ccc(-c2cnc3[nH]cc(-c4cnn(C(=O)CCc5ccccc5)c4)c3c2)cc1.FC(F)(F)Oc1ccc(-c2cnc3[nH]cc(-c4cn[nH]c4)c3c2)cc1.O=S(=O)(c1ccccc1)n1cc(-c2c[nH]c3ncc(-c4ccc5c(c4)OCCO5)cc23)cn1.c1cc2c(cc1-c1cnc3[nH]cc(-c4cn[nH]c4)c3c1)OCCO2. The van der Waals surface area contributed by atoms with Crippen molar-refractivity contribution < 1.29 is 54.9 Å². The van der Waals surface area contributed by atoms with Gasteiger partial charge in [0.2, 0.25) is 11.8 Å². The monoisotopic (exact) mass is 1900 g/mol. The minimum absolute atomic E-state index is 0.0234. The van der Waals surface area contributed by atoms with Gasteiger partial charge >= 0.3 is 6.36 Å². The van der Waals surface area contributed by atoms with Gasteiger partial charge in [0, 0.05) is 250 Å². The van der Waals surface area contributed by atoms with E-state index in [1.165, 1.54) is 34.6 Å². The van der Waals surface area contributed by atoms with Gasteiger partial charge in [-0.3, -0.25) is 19.8 Å². The lowest BCUT2D eigenvalue weighted by Gasteiger charge is -2.18. The molecule has 702 valence electrons. The number of H-pyrrole nitrogens is 7. The number of benzene rings is 7. The number of fused-ring (bicyclic) bond motifs is 7.